The first-order valence-electron chi connectivity index (χ1n) is 9.88. The molecule has 0 amide bonds. The van der Waals surface area contributed by atoms with Crippen molar-refractivity contribution in [2.45, 2.75) is 26.2 Å². The van der Waals surface area contributed by atoms with E-state index in [1.807, 2.05) is 18.3 Å². The summed E-state index contributed by atoms with van der Waals surface area (Å²) in [5, 5.41) is 1.07. The molecular weight excluding hydrogens is 392 g/mol. The Morgan fingerprint density at radius 2 is 1.97 bits per heavy atom. The zero-order valence-electron chi connectivity index (χ0n) is 17.2. The normalized spacial score (nSPS) is 17.3. The Morgan fingerprint density at radius 1 is 1.28 bits per heavy atom. The first-order valence-corrected chi connectivity index (χ1v) is 11.0. The number of methoxy groups -OCH3 is 2. The number of aromatic nitrogens is 1. The van der Waals surface area contributed by atoms with E-state index < -0.39 is 11.3 Å². The summed E-state index contributed by atoms with van der Waals surface area (Å²) < 4.78 is 30.2. The molecule has 2 aromatic rings. The van der Waals surface area contributed by atoms with Crippen LogP contribution in [0.3, 0.4) is 0 Å². The molecule has 0 aliphatic carbocycles. The number of hydrogen-bond acceptors (Lipinski definition) is 6. The van der Waals surface area contributed by atoms with Crippen LogP contribution in [0.5, 0.6) is 11.5 Å². The van der Waals surface area contributed by atoms with Crippen molar-refractivity contribution in [3.63, 3.8) is 0 Å². The van der Waals surface area contributed by atoms with E-state index in [-0.39, 0.29) is 0 Å². The molecule has 1 aromatic carbocycles. The van der Waals surface area contributed by atoms with Gasteiger partial charge in [0, 0.05) is 43.0 Å². The minimum atomic E-state index is -2.02. The molecule has 2 heterocycles. The van der Waals surface area contributed by atoms with Crippen LogP contribution < -0.4 is 24.6 Å². The van der Waals surface area contributed by atoms with Crippen molar-refractivity contribution in [1.29, 1.82) is 0 Å². The van der Waals surface area contributed by atoms with E-state index in [4.69, 9.17) is 14.0 Å². The van der Waals surface area contributed by atoms with Gasteiger partial charge < -0.3 is 14.4 Å². The van der Waals surface area contributed by atoms with Crippen LogP contribution in [0.25, 0.3) is 10.9 Å². The maximum Gasteiger partial charge on any atom is 0.245 e. The number of hydrazine groups is 1. The number of hydrogen-bond donors (Lipinski definition) is 3. The number of ether oxygens (including phenoxy) is 2. The average molecular weight is 423 g/mol. The highest BCUT2D eigenvalue weighted by Crippen LogP contribution is 2.37. The van der Waals surface area contributed by atoms with Gasteiger partial charge in [-0.2, -0.15) is 4.83 Å². The van der Waals surface area contributed by atoms with Crippen molar-refractivity contribution in [1.82, 2.24) is 15.2 Å². The molecular formula is C20H30N4O4S. The lowest BCUT2D eigenvalue weighted by molar-refractivity contribution is 0.276. The Morgan fingerprint density at radius 3 is 2.62 bits per heavy atom. The second-order valence-corrected chi connectivity index (χ2v) is 8.13. The third-order valence-electron chi connectivity index (χ3n) is 5.79. The first-order chi connectivity index (χ1) is 14.0. The second kappa shape index (κ2) is 10.2. The van der Waals surface area contributed by atoms with Crippen molar-refractivity contribution in [2.24, 2.45) is 11.8 Å². The van der Waals surface area contributed by atoms with E-state index in [0.717, 1.165) is 43.3 Å². The number of piperidine rings is 1. The van der Waals surface area contributed by atoms with Gasteiger partial charge in [0.15, 0.2) is 11.5 Å². The number of anilines is 1. The number of pyridine rings is 1. The van der Waals surface area contributed by atoms with Gasteiger partial charge in [0.05, 0.1) is 19.7 Å². The summed E-state index contributed by atoms with van der Waals surface area (Å²) in [6.45, 7) is 4.92. The quantitative estimate of drug-likeness (QED) is 0.325. The van der Waals surface area contributed by atoms with Crippen LogP contribution in [-0.4, -0.2) is 47.6 Å². The van der Waals surface area contributed by atoms with Gasteiger partial charge in [-0.25, -0.2) is 9.63 Å². The van der Waals surface area contributed by atoms with Gasteiger partial charge in [-0.15, -0.1) is 0 Å². The minimum Gasteiger partial charge on any atom is -0.493 e. The fourth-order valence-corrected chi connectivity index (χ4v) is 4.32. The monoisotopic (exact) mass is 422 g/mol. The fraction of sp³-hybridized carbons (Fsp3) is 0.550. The number of nitrogens with one attached hydrogen (secondary N) is 2. The van der Waals surface area contributed by atoms with Gasteiger partial charge in [-0.1, -0.05) is 6.92 Å². The van der Waals surface area contributed by atoms with E-state index in [0.29, 0.717) is 29.9 Å². The van der Waals surface area contributed by atoms with Crippen molar-refractivity contribution in [3.05, 3.63) is 24.4 Å². The average Bonchev–Trinajstić information content (AvgIpc) is 2.75. The predicted octanol–water partition coefficient (Wildman–Crippen LogP) is 2.73. The van der Waals surface area contributed by atoms with E-state index >= 15 is 0 Å². The SMILES string of the molecule is COc1cc2nccc(N3CCC(C(C)CCNNS(=O)O)CC3)c2cc1OC. The Balaban J connectivity index is 1.65. The molecule has 8 nitrogen and oxygen atoms in total. The molecule has 2 atom stereocenters. The number of fused-ring (bicyclic) bond motifs is 1. The van der Waals surface area contributed by atoms with Crippen LogP contribution in [0.1, 0.15) is 26.2 Å². The van der Waals surface area contributed by atoms with Crippen LogP contribution in [0.2, 0.25) is 0 Å². The highest BCUT2D eigenvalue weighted by atomic mass is 32.2. The molecule has 1 saturated heterocycles. The number of benzene rings is 1. The third-order valence-corrected chi connectivity index (χ3v) is 6.11. The van der Waals surface area contributed by atoms with Crippen molar-refractivity contribution >= 4 is 27.9 Å². The first kappa shape index (κ1) is 21.8. The molecule has 0 spiro atoms. The Labute approximate surface area is 174 Å². The Bertz CT molecular complexity index is 843. The minimum absolute atomic E-state index is 0.553. The molecule has 1 aliphatic heterocycles. The number of nitrogens with zero attached hydrogens (tertiary/aromatic N) is 2. The van der Waals surface area contributed by atoms with Crippen LogP contribution in [0.15, 0.2) is 24.4 Å². The molecule has 0 saturated carbocycles. The Hall–Kier alpha value is -1.94. The predicted molar refractivity (Wildman–Crippen MR) is 115 cm³/mol. The van der Waals surface area contributed by atoms with Gasteiger partial charge in [-0.05, 0) is 43.2 Å². The van der Waals surface area contributed by atoms with Gasteiger partial charge in [0.2, 0.25) is 11.3 Å². The lowest BCUT2D eigenvalue weighted by Gasteiger charge is -2.36. The summed E-state index contributed by atoms with van der Waals surface area (Å²) in [6.07, 6.45) is 5.06. The van der Waals surface area contributed by atoms with Crippen LogP contribution in [0.4, 0.5) is 5.69 Å². The molecule has 0 radical (unpaired) electrons. The number of rotatable bonds is 9. The van der Waals surface area contributed by atoms with Crippen LogP contribution in [0, 0.1) is 11.8 Å². The molecule has 3 rings (SSSR count). The van der Waals surface area contributed by atoms with E-state index in [9.17, 15) is 4.21 Å². The van der Waals surface area contributed by atoms with Gasteiger partial charge >= 0.3 is 0 Å². The van der Waals surface area contributed by atoms with Gasteiger partial charge in [0.1, 0.15) is 0 Å². The molecule has 29 heavy (non-hydrogen) atoms. The van der Waals surface area contributed by atoms with Crippen molar-refractivity contribution in [2.75, 3.05) is 38.8 Å². The summed E-state index contributed by atoms with van der Waals surface area (Å²) in [5.74, 6) is 2.60. The molecule has 2 unspecified atom stereocenters. The van der Waals surface area contributed by atoms with E-state index in [2.05, 4.69) is 33.1 Å². The summed E-state index contributed by atoms with van der Waals surface area (Å²) >= 11 is -2.02. The zero-order valence-corrected chi connectivity index (χ0v) is 18.0. The molecule has 1 aromatic heterocycles. The largest absolute Gasteiger partial charge is 0.493 e. The van der Waals surface area contributed by atoms with Crippen molar-refractivity contribution in [3.8, 4) is 11.5 Å². The Kier molecular flexibility index (Phi) is 7.65. The molecule has 9 heteroatoms. The molecule has 160 valence electrons. The maximum atomic E-state index is 10.6. The van der Waals surface area contributed by atoms with E-state index in [1.165, 1.54) is 5.69 Å². The highest BCUT2D eigenvalue weighted by molar-refractivity contribution is 7.77. The summed E-state index contributed by atoms with van der Waals surface area (Å²) in [6, 6.07) is 6.00. The molecule has 0 bridgehead atoms. The lowest BCUT2D eigenvalue weighted by atomic mass is 9.83. The van der Waals surface area contributed by atoms with Crippen LogP contribution >= 0.6 is 0 Å². The lowest BCUT2D eigenvalue weighted by Crippen LogP contribution is -2.38. The van der Waals surface area contributed by atoms with E-state index in [1.54, 1.807) is 14.2 Å². The second-order valence-electron chi connectivity index (χ2n) is 7.42. The fourth-order valence-electron chi connectivity index (χ4n) is 4.09. The molecule has 3 N–H and O–H groups in total. The third kappa shape index (κ3) is 5.36. The van der Waals surface area contributed by atoms with Gasteiger partial charge in [-0.3, -0.25) is 9.54 Å². The maximum absolute atomic E-state index is 10.6. The smallest absolute Gasteiger partial charge is 0.245 e. The molecule has 1 aliphatic rings. The summed E-state index contributed by atoms with van der Waals surface area (Å²) in [7, 11) is 3.28. The van der Waals surface area contributed by atoms with Crippen LogP contribution in [-0.2, 0) is 11.3 Å². The zero-order chi connectivity index (χ0) is 20.8. The summed E-state index contributed by atoms with van der Waals surface area (Å²) in [5.41, 5.74) is 4.87. The van der Waals surface area contributed by atoms with Crippen molar-refractivity contribution < 1.29 is 18.2 Å². The standard InChI is InChI=1S/C20H30N4O4S/c1-14(4-9-22-23-29(25)26)15-6-10-24(11-7-15)18-5-8-21-17-13-20(28-3)19(27-2)12-16(17)18/h5,8,12-15,22-23H,4,6-7,9-11H2,1-3H3,(H,25,26). The summed E-state index contributed by atoms with van der Waals surface area (Å²) in [4.78, 5) is 9.24. The topological polar surface area (TPSA) is 96.0 Å². The molecule has 1 fully saturated rings. The highest BCUT2D eigenvalue weighted by Gasteiger charge is 2.25. The van der Waals surface area contributed by atoms with Gasteiger partial charge in [0.25, 0.3) is 0 Å².